The van der Waals surface area contributed by atoms with Crippen LogP contribution >= 0.6 is 23.1 Å². The zero-order valence-electron chi connectivity index (χ0n) is 28.3. The number of pyridine rings is 1. The zero-order valence-corrected chi connectivity index (χ0v) is 30.0. The van der Waals surface area contributed by atoms with Crippen molar-refractivity contribution in [2.24, 2.45) is 34.0 Å². The van der Waals surface area contributed by atoms with E-state index in [0.717, 1.165) is 48.2 Å². The number of benzene rings is 1. The third-order valence-electron chi connectivity index (χ3n) is 12.2. The largest absolute Gasteiger partial charge is 0.461 e. The molecule has 3 aliphatic carbocycles. The van der Waals surface area contributed by atoms with Gasteiger partial charge < -0.3 is 9.84 Å². The van der Waals surface area contributed by atoms with E-state index in [2.05, 4.69) is 27.4 Å². The normalized spacial score (nSPS) is 33.0. The lowest BCUT2D eigenvalue weighted by atomic mass is 9.44. The summed E-state index contributed by atoms with van der Waals surface area (Å²) in [6.45, 7) is 12.9. The molecule has 49 heavy (non-hydrogen) atoms. The van der Waals surface area contributed by atoms with Gasteiger partial charge >= 0.3 is 12.1 Å². The number of Topliss-reactive ketones (excluding diaryl/α,β-unsaturated/α-hetero) is 1. The van der Waals surface area contributed by atoms with Gasteiger partial charge in [0.1, 0.15) is 11.9 Å². The van der Waals surface area contributed by atoms with E-state index in [1.165, 1.54) is 35.2 Å². The molecular weight excluding hydrogens is 670 g/mol. The van der Waals surface area contributed by atoms with Crippen molar-refractivity contribution < 1.29 is 37.2 Å². The number of carbonyl (C=O) groups is 2. The number of esters is 1. The number of hydrogen-bond acceptors (Lipinski definition) is 7. The summed E-state index contributed by atoms with van der Waals surface area (Å²) in [4.78, 5) is 31.9. The number of aliphatic hydroxyl groups excluding tert-OH is 1. The topological polar surface area (TPSA) is 80.4 Å². The molecule has 262 valence electrons. The van der Waals surface area contributed by atoms with Gasteiger partial charge in [-0.3, -0.25) is 9.59 Å². The summed E-state index contributed by atoms with van der Waals surface area (Å²) in [5, 5.41) is 13.7. The van der Waals surface area contributed by atoms with Crippen LogP contribution in [0.2, 0.25) is 0 Å². The van der Waals surface area contributed by atoms with Gasteiger partial charge in [0.2, 0.25) is 0 Å². The Hall–Kier alpha value is -3.02. The van der Waals surface area contributed by atoms with Crippen LogP contribution in [-0.4, -0.2) is 39.8 Å². The van der Waals surface area contributed by atoms with Crippen LogP contribution in [0.5, 0.6) is 0 Å². The maximum Gasteiger partial charge on any atom is 0.416 e. The van der Waals surface area contributed by atoms with E-state index < -0.39 is 34.8 Å². The van der Waals surface area contributed by atoms with E-state index in [4.69, 9.17) is 9.72 Å². The maximum atomic E-state index is 13.6. The minimum atomic E-state index is -4.36. The molecule has 6 nitrogen and oxygen atoms in total. The predicted octanol–water partition coefficient (Wildman–Crippen LogP) is 8.16. The molecule has 3 saturated carbocycles. The highest BCUT2D eigenvalue weighted by atomic mass is 32.2. The van der Waals surface area contributed by atoms with Crippen LogP contribution in [0.1, 0.15) is 70.9 Å². The molecular formula is C38H44F3N2O4S2+. The molecule has 2 aromatic heterocycles. The van der Waals surface area contributed by atoms with Crippen LogP contribution in [0.15, 0.2) is 71.2 Å². The van der Waals surface area contributed by atoms with E-state index in [1.807, 2.05) is 41.4 Å². The number of alkyl halides is 3. The smallest absolute Gasteiger partial charge is 0.416 e. The number of aromatic nitrogens is 2. The molecule has 3 aromatic rings. The van der Waals surface area contributed by atoms with E-state index in [9.17, 15) is 27.9 Å². The number of thiazole rings is 1. The van der Waals surface area contributed by atoms with Crippen LogP contribution in [0.25, 0.3) is 11.3 Å². The molecule has 0 unspecified atom stereocenters. The molecule has 0 spiro atoms. The van der Waals surface area contributed by atoms with Crippen molar-refractivity contribution in [3.8, 4) is 11.3 Å². The van der Waals surface area contributed by atoms with Gasteiger partial charge in [-0.05, 0) is 55.1 Å². The van der Waals surface area contributed by atoms with Crippen molar-refractivity contribution in [1.82, 2.24) is 4.98 Å². The van der Waals surface area contributed by atoms with Gasteiger partial charge in [0, 0.05) is 51.8 Å². The van der Waals surface area contributed by atoms with E-state index >= 15 is 0 Å². The van der Waals surface area contributed by atoms with Gasteiger partial charge in [-0.2, -0.15) is 13.2 Å². The van der Waals surface area contributed by atoms with Crippen LogP contribution in [-0.2, 0) is 27.0 Å². The van der Waals surface area contributed by atoms with Crippen LogP contribution in [0.3, 0.4) is 0 Å². The van der Waals surface area contributed by atoms with Gasteiger partial charge in [0.05, 0.1) is 23.1 Å². The number of rotatable bonds is 8. The zero-order chi connectivity index (χ0) is 35.4. The molecule has 1 aromatic carbocycles. The second-order valence-electron chi connectivity index (χ2n) is 14.8. The molecule has 3 aliphatic rings. The molecule has 0 amide bonds. The fourth-order valence-electron chi connectivity index (χ4n) is 9.01. The monoisotopic (exact) mass is 713 g/mol. The molecule has 2 bridgehead atoms. The summed E-state index contributed by atoms with van der Waals surface area (Å²) in [5.41, 5.74) is 0.155. The average Bonchev–Trinajstić information content (AvgIpc) is 3.70. The quantitative estimate of drug-likeness (QED) is 0.110. The number of ether oxygens (including phenoxy) is 1. The number of thioether (sulfide) groups is 1. The molecule has 3 fully saturated rings. The summed E-state index contributed by atoms with van der Waals surface area (Å²) in [5.74, 6) is -0.278. The first kappa shape index (κ1) is 35.8. The summed E-state index contributed by atoms with van der Waals surface area (Å²) >= 11 is 2.74. The Balaban J connectivity index is 1.13. The molecule has 11 heteroatoms. The minimum absolute atomic E-state index is 0.0589. The highest BCUT2D eigenvalue weighted by Gasteiger charge is 2.68. The van der Waals surface area contributed by atoms with Gasteiger partial charge in [-0.25, -0.2) is 9.55 Å². The predicted molar refractivity (Wildman–Crippen MR) is 184 cm³/mol. The van der Waals surface area contributed by atoms with Crippen molar-refractivity contribution in [3.05, 3.63) is 78.0 Å². The van der Waals surface area contributed by atoms with Gasteiger partial charge in [0.15, 0.2) is 23.3 Å². The third-order valence-corrected chi connectivity index (χ3v) is 14.2. The third kappa shape index (κ3) is 6.51. The summed E-state index contributed by atoms with van der Waals surface area (Å²) in [6, 6.07) is 8.95. The lowest BCUT2D eigenvalue weighted by molar-refractivity contribution is -0.688. The minimum Gasteiger partial charge on any atom is -0.461 e. The Morgan fingerprint density at radius 2 is 1.86 bits per heavy atom. The Morgan fingerprint density at radius 1 is 1.16 bits per heavy atom. The summed E-state index contributed by atoms with van der Waals surface area (Å²) in [7, 11) is 0. The second kappa shape index (κ2) is 13.3. The number of hydrogen-bond donors (Lipinski definition) is 1. The van der Waals surface area contributed by atoms with Crippen LogP contribution in [0, 0.1) is 34.0 Å². The van der Waals surface area contributed by atoms with Crippen LogP contribution < -0.4 is 4.57 Å². The highest BCUT2D eigenvalue weighted by Crippen LogP contribution is 2.68. The first-order valence-corrected chi connectivity index (χ1v) is 18.7. The van der Waals surface area contributed by atoms with Crippen LogP contribution in [0.4, 0.5) is 13.2 Å². The van der Waals surface area contributed by atoms with Gasteiger partial charge in [-0.15, -0.1) is 17.9 Å². The van der Waals surface area contributed by atoms with E-state index in [0.29, 0.717) is 23.7 Å². The molecule has 1 N–H and O–H groups in total. The van der Waals surface area contributed by atoms with Gasteiger partial charge in [0.25, 0.3) is 0 Å². The average molecular weight is 714 g/mol. The molecule has 8 atom stereocenters. The Labute approximate surface area is 294 Å². The summed E-state index contributed by atoms with van der Waals surface area (Å²) < 4.78 is 47.6. The standard InChI is InChI=1S/C38H44F3N2O4S2/c1-6-35(4)19-30(36(5)23(2)11-15-37(24(3)33(35)46)16-12-29(44)32(36)37)47-31(45)22-49-34-42-28(21-48-34)26-13-17-43(18-14-26)20-25-7-9-27(10-8-25)38(39,40)41/h6-10,13-14,17-18,21,23-24,30,32-33,46H,1,11-12,15-16,19-20,22H2,2-5H3/q+1/t23-,24+,30-,32+,33+,35-,36+,37+/m1/s1. The molecule has 0 radical (unpaired) electrons. The molecule has 0 aliphatic heterocycles. The maximum absolute atomic E-state index is 13.6. The first-order valence-electron chi connectivity index (χ1n) is 16.9. The number of carbonyl (C=O) groups excluding carboxylic acids is 2. The Kier molecular flexibility index (Phi) is 9.69. The lowest BCUT2D eigenvalue weighted by Gasteiger charge is -2.61. The van der Waals surface area contributed by atoms with Crippen molar-refractivity contribution >= 4 is 34.9 Å². The van der Waals surface area contributed by atoms with Gasteiger partial charge in [-0.1, -0.05) is 57.7 Å². The van der Waals surface area contributed by atoms with Crippen molar-refractivity contribution in [2.75, 3.05) is 5.75 Å². The number of ketones is 1. The van der Waals surface area contributed by atoms with E-state index in [-0.39, 0.29) is 40.7 Å². The van der Waals surface area contributed by atoms with E-state index in [1.54, 1.807) is 6.08 Å². The Bertz CT molecular complexity index is 1710. The first-order chi connectivity index (χ1) is 23.1. The highest BCUT2D eigenvalue weighted by molar-refractivity contribution is 8.01. The molecule has 0 saturated heterocycles. The van der Waals surface area contributed by atoms with Crippen molar-refractivity contribution in [1.29, 1.82) is 0 Å². The Morgan fingerprint density at radius 3 is 2.51 bits per heavy atom. The number of nitrogens with zero attached hydrogens (tertiary/aromatic N) is 2. The van der Waals surface area contributed by atoms with Crippen molar-refractivity contribution in [3.63, 3.8) is 0 Å². The fraction of sp³-hybridized carbons (Fsp3) is 0.526. The number of aliphatic hydroxyl groups is 1. The SMILES string of the molecule is C=C[C@]1(C)C[C@@H](OC(=O)CSc2nc(-c3cc[n+](Cc4ccc(C(F)(F)F)cc4)cc3)cs2)[C@]2(C)[C@H](C)CC[C@]3(CCC(=O)[C@H]32)[C@@H](C)[C@@H]1O. The molecule has 6 rings (SSSR count). The second-order valence-corrected chi connectivity index (χ2v) is 16.9. The summed E-state index contributed by atoms with van der Waals surface area (Å²) in [6.07, 6.45) is 3.35. The fourth-order valence-corrected chi connectivity index (χ4v) is 10.6. The molecule has 2 heterocycles. The number of halogens is 3. The lowest BCUT2D eigenvalue weighted by Crippen LogP contribution is -2.63. The van der Waals surface area contributed by atoms with Crippen molar-refractivity contribution in [2.45, 2.75) is 89.1 Å².